The van der Waals surface area contributed by atoms with Gasteiger partial charge >= 0.3 is 0 Å². The van der Waals surface area contributed by atoms with E-state index in [0.29, 0.717) is 18.6 Å². The van der Waals surface area contributed by atoms with Gasteiger partial charge in [-0.2, -0.15) is 14.7 Å². The van der Waals surface area contributed by atoms with Gasteiger partial charge in [0.05, 0.1) is 17.2 Å². The van der Waals surface area contributed by atoms with E-state index in [0.717, 1.165) is 36.4 Å². The first-order valence-electron chi connectivity index (χ1n) is 11.9. The van der Waals surface area contributed by atoms with E-state index in [4.69, 9.17) is 0 Å². The predicted molar refractivity (Wildman–Crippen MR) is 125 cm³/mol. The summed E-state index contributed by atoms with van der Waals surface area (Å²) in [5.41, 5.74) is 1.84. The van der Waals surface area contributed by atoms with Gasteiger partial charge in [0, 0.05) is 17.9 Å². The van der Waals surface area contributed by atoms with Crippen molar-refractivity contribution in [1.82, 2.24) is 19.8 Å². The third-order valence-electron chi connectivity index (χ3n) is 5.69. The third-order valence-corrected chi connectivity index (χ3v) is 7.51. The molecule has 7 heteroatoms. The van der Waals surface area contributed by atoms with Crippen molar-refractivity contribution < 1.29 is 8.42 Å². The summed E-state index contributed by atoms with van der Waals surface area (Å²) in [5.74, 6) is 1.34. The molecule has 0 saturated heterocycles. The Morgan fingerprint density at radius 3 is 2.07 bits per heavy atom. The zero-order valence-electron chi connectivity index (χ0n) is 19.5. The van der Waals surface area contributed by atoms with Crippen molar-refractivity contribution in [1.29, 1.82) is 0 Å². The molecule has 2 aromatic heterocycles. The van der Waals surface area contributed by atoms with Gasteiger partial charge in [-0.3, -0.25) is 5.10 Å². The lowest BCUT2D eigenvalue weighted by Crippen LogP contribution is -2.13. The zero-order chi connectivity index (χ0) is 22.0. The van der Waals surface area contributed by atoms with Crippen LogP contribution in [-0.2, 0) is 21.7 Å². The second-order valence-electron chi connectivity index (χ2n) is 9.65. The van der Waals surface area contributed by atoms with E-state index in [1.54, 1.807) is 0 Å². The van der Waals surface area contributed by atoms with Crippen LogP contribution < -0.4 is 0 Å². The molecule has 0 spiro atoms. The summed E-state index contributed by atoms with van der Waals surface area (Å²) in [6, 6.07) is 2.01. The van der Waals surface area contributed by atoms with Crippen LogP contribution in [0.1, 0.15) is 110 Å². The molecule has 6 nitrogen and oxygen atoms in total. The van der Waals surface area contributed by atoms with Gasteiger partial charge in [0.2, 0.25) is 0 Å². The van der Waals surface area contributed by atoms with Crippen molar-refractivity contribution in [2.24, 2.45) is 0 Å². The van der Waals surface area contributed by atoms with Crippen LogP contribution >= 0.6 is 0 Å². The molecule has 2 heterocycles. The van der Waals surface area contributed by atoms with Gasteiger partial charge in [0.25, 0.3) is 0 Å². The summed E-state index contributed by atoms with van der Waals surface area (Å²) >= 11 is 0. The summed E-state index contributed by atoms with van der Waals surface area (Å²) in [7, 11) is -2.98. The van der Waals surface area contributed by atoms with E-state index >= 15 is 0 Å². The summed E-state index contributed by atoms with van der Waals surface area (Å²) in [6.45, 7) is 8.62. The lowest BCUT2D eigenvalue weighted by molar-refractivity contribution is 0.556. The fourth-order valence-electron chi connectivity index (χ4n) is 3.72. The van der Waals surface area contributed by atoms with Gasteiger partial charge in [0.1, 0.15) is 9.84 Å². The maximum absolute atomic E-state index is 12.3. The Hall–Kier alpha value is -1.37. The van der Waals surface area contributed by atoms with Crippen LogP contribution in [0.4, 0.5) is 0 Å². The van der Waals surface area contributed by atoms with E-state index in [1.165, 1.54) is 44.9 Å². The van der Waals surface area contributed by atoms with Gasteiger partial charge in [0.15, 0.2) is 11.5 Å². The molecule has 0 unspecified atom stereocenters. The van der Waals surface area contributed by atoms with Crippen LogP contribution in [-0.4, -0.2) is 39.7 Å². The Bertz CT molecular complexity index is 846. The van der Waals surface area contributed by atoms with E-state index in [2.05, 4.69) is 43.0 Å². The van der Waals surface area contributed by atoms with Crippen molar-refractivity contribution >= 4 is 15.5 Å². The maximum atomic E-state index is 12.3. The maximum Gasteiger partial charge on any atom is 0.152 e. The molecular formula is C23H42N4O2S. The van der Waals surface area contributed by atoms with Gasteiger partial charge in [-0.1, -0.05) is 85.5 Å². The summed E-state index contributed by atoms with van der Waals surface area (Å²) in [5, 5.41) is 11.9. The monoisotopic (exact) mass is 438 g/mol. The molecule has 0 saturated carbocycles. The number of hydrogen-bond acceptors (Lipinski definition) is 4. The van der Waals surface area contributed by atoms with Crippen molar-refractivity contribution in [2.75, 3.05) is 11.5 Å². The van der Waals surface area contributed by atoms with Crippen LogP contribution in [0, 0.1) is 0 Å². The number of hydrogen-bond donors (Lipinski definition) is 1. The van der Waals surface area contributed by atoms with Crippen molar-refractivity contribution in [2.45, 2.75) is 110 Å². The number of nitrogens with one attached hydrogen (secondary N) is 1. The van der Waals surface area contributed by atoms with Crippen LogP contribution in [0.25, 0.3) is 5.65 Å². The highest BCUT2D eigenvalue weighted by Gasteiger charge is 2.20. The zero-order valence-corrected chi connectivity index (χ0v) is 20.4. The highest BCUT2D eigenvalue weighted by atomic mass is 32.2. The topological polar surface area (TPSA) is 80.1 Å². The standard InChI is InChI=1S/C23H42N4O2S/c1-5-6-7-8-9-10-11-12-13-14-17-30(28,29)18-15-16-21-24-25-22-19-20(23(2,3)4)26-27(21)22/h19,25H,5-18H2,1-4H3. The molecule has 2 aromatic rings. The number of nitrogens with zero attached hydrogens (tertiary/aromatic N) is 3. The fourth-order valence-corrected chi connectivity index (χ4v) is 5.15. The van der Waals surface area contributed by atoms with Crippen molar-refractivity contribution in [3.05, 3.63) is 17.6 Å². The van der Waals surface area contributed by atoms with E-state index < -0.39 is 9.84 Å². The second-order valence-corrected chi connectivity index (χ2v) is 12.0. The van der Waals surface area contributed by atoms with E-state index in [1.807, 2.05) is 10.6 Å². The number of aryl methyl sites for hydroxylation is 1. The lowest BCUT2D eigenvalue weighted by atomic mass is 9.93. The van der Waals surface area contributed by atoms with Crippen LogP contribution in [0.2, 0.25) is 0 Å². The SMILES string of the molecule is CCCCCCCCCCCCS(=O)(=O)CCCc1n[nH]c2cc(C(C)(C)C)nn12. The smallest absolute Gasteiger partial charge is 0.152 e. The fraction of sp³-hybridized carbons (Fsp3) is 0.826. The number of rotatable bonds is 15. The van der Waals surface area contributed by atoms with Crippen molar-refractivity contribution in [3.63, 3.8) is 0 Å². The highest BCUT2D eigenvalue weighted by molar-refractivity contribution is 7.91. The number of H-pyrrole nitrogens is 1. The second kappa shape index (κ2) is 11.9. The minimum Gasteiger partial charge on any atom is -0.259 e. The van der Waals surface area contributed by atoms with Gasteiger partial charge in [-0.05, 0) is 12.8 Å². The number of unbranched alkanes of at least 4 members (excludes halogenated alkanes) is 9. The Kier molecular flexibility index (Phi) is 9.85. The largest absolute Gasteiger partial charge is 0.259 e. The highest BCUT2D eigenvalue weighted by Crippen LogP contribution is 2.22. The molecule has 0 aliphatic rings. The molecule has 172 valence electrons. The number of sulfone groups is 1. The normalized spacial score (nSPS) is 12.8. The van der Waals surface area contributed by atoms with Crippen LogP contribution in [0.5, 0.6) is 0 Å². The van der Waals surface area contributed by atoms with Crippen LogP contribution in [0.3, 0.4) is 0 Å². The Morgan fingerprint density at radius 1 is 0.900 bits per heavy atom. The Balaban J connectivity index is 1.62. The Labute approximate surface area is 183 Å². The molecule has 0 radical (unpaired) electrons. The lowest BCUT2D eigenvalue weighted by Gasteiger charge is -2.13. The molecule has 0 bridgehead atoms. The minimum atomic E-state index is -2.98. The average Bonchev–Trinajstić information content (AvgIpc) is 3.25. The number of aromatic nitrogens is 4. The predicted octanol–water partition coefficient (Wildman–Crippen LogP) is 5.62. The molecule has 0 fully saturated rings. The first-order chi connectivity index (χ1) is 14.2. The molecule has 0 aromatic carbocycles. The van der Waals surface area contributed by atoms with E-state index in [9.17, 15) is 8.42 Å². The first kappa shape index (κ1) is 24.9. The van der Waals surface area contributed by atoms with Gasteiger partial charge in [-0.25, -0.2) is 8.42 Å². The first-order valence-corrected chi connectivity index (χ1v) is 13.7. The molecule has 30 heavy (non-hydrogen) atoms. The Morgan fingerprint density at radius 2 is 1.47 bits per heavy atom. The molecule has 2 rings (SSSR count). The summed E-state index contributed by atoms with van der Waals surface area (Å²) < 4.78 is 26.5. The van der Waals surface area contributed by atoms with E-state index in [-0.39, 0.29) is 11.2 Å². The molecule has 0 aliphatic heterocycles. The molecule has 1 N–H and O–H groups in total. The molecule has 0 aliphatic carbocycles. The number of aromatic amines is 1. The van der Waals surface area contributed by atoms with Crippen molar-refractivity contribution in [3.8, 4) is 0 Å². The molecule has 0 amide bonds. The van der Waals surface area contributed by atoms with Crippen LogP contribution in [0.15, 0.2) is 6.07 Å². The molecular weight excluding hydrogens is 396 g/mol. The summed E-state index contributed by atoms with van der Waals surface area (Å²) in [4.78, 5) is 0. The third kappa shape index (κ3) is 8.40. The minimum absolute atomic E-state index is 0.0253. The van der Waals surface area contributed by atoms with Gasteiger partial charge in [-0.15, -0.1) is 0 Å². The number of fused-ring (bicyclic) bond motifs is 1. The molecule has 0 atom stereocenters. The average molecular weight is 439 g/mol. The summed E-state index contributed by atoms with van der Waals surface area (Å²) in [6.07, 6.45) is 13.4. The van der Waals surface area contributed by atoms with Gasteiger partial charge < -0.3 is 0 Å². The quantitative estimate of drug-likeness (QED) is 0.366.